The summed E-state index contributed by atoms with van der Waals surface area (Å²) < 4.78 is 26.4. The molecule has 0 amide bonds. The van der Waals surface area contributed by atoms with E-state index in [0.717, 1.165) is 29.8 Å². The first-order valence-electron chi connectivity index (χ1n) is 11.4. The highest BCUT2D eigenvalue weighted by atomic mass is 32.2. The van der Waals surface area contributed by atoms with Gasteiger partial charge in [-0.15, -0.1) is 0 Å². The molecular weight excluding hydrogens is 455 g/mol. The van der Waals surface area contributed by atoms with Crippen LogP contribution in [0.2, 0.25) is 0 Å². The van der Waals surface area contributed by atoms with Crippen LogP contribution in [0.4, 0.5) is 27.5 Å². The van der Waals surface area contributed by atoms with Gasteiger partial charge in [-0.3, -0.25) is 9.53 Å². The number of nitrogens with one attached hydrogen (secondary N) is 3. The number of rotatable bonds is 3. The van der Waals surface area contributed by atoms with Crippen LogP contribution in [0.3, 0.4) is 0 Å². The molecule has 176 valence electrons. The van der Waals surface area contributed by atoms with Crippen molar-refractivity contribution in [2.45, 2.75) is 36.0 Å². The summed E-state index contributed by atoms with van der Waals surface area (Å²) in [7, 11) is -1.18. The molecule has 0 saturated carbocycles. The van der Waals surface area contributed by atoms with Gasteiger partial charge >= 0.3 is 0 Å². The Morgan fingerprint density at radius 2 is 1.97 bits per heavy atom. The molecule has 4 heterocycles. The summed E-state index contributed by atoms with van der Waals surface area (Å²) in [6.07, 6.45) is 1.35. The number of nitrogens with zero attached hydrogens (tertiary/aromatic N) is 3. The average Bonchev–Trinajstić information content (AvgIpc) is 3.20. The fourth-order valence-electron chi connectivity index (χ4n) is 5.16. The maximum Gasteiger partial charge on any atom is 0.227 e. The van der Waals surface area contributed by atoms with Gasteiger partial charge in [0.05, 0.1) is 22.0 Å². The summed E-state index contributed by atoms with van der Waals surface area (Å²) in [5.41, 5.74) is 3.10. The number of aliphatic hydroxyl groups excluding tert-OH is 1. The number of piperidine rings is 1. The number of aliphatic hydroxyl groups is 1. The van der Waals surface area contributed by atoms with Gasteiger partial charge in [-0.1, -0.05) is 24.3 Å². The predicted molar refractivity (Wildman–Crippen MR) is 129 cm³/mol. The zero-order valence-electron chi connectivity index (χ0n) is 18.4. The minimum absolute atomic E-state index is 0.335. The van der Waals surface area contributed by atoms with Crippen LogP contribution in [-0.4, -0.2) is 44.5 Å². The third-order valence-electron chi connectivity index (χ3n) is 6.81. The number of hydrogen-bond acceptors (Lipinski definition) is 8. The number of aryl methyl sites for hydroxylation is 1. The average molecular weight is 481 g/mol. The number of hydrogen-bond donors (Lipinski definition) is 4. The Balaban J connectivity index is 1.30. The predicted octanol–water partition coefficient (Wildman–Crippen LogP) is 2.81. The molecule has 34 heavy (non-hydrogen) atoms. The molecule has 3 aromatic rings. The third kappa shape index (κ3) is 3.71. The molecule has 3 aliphatic rings. The third-order valence-corrected chi connectivity index (χ3v) is 8.27. The van der Waals surface area contributed by atoms with Gasteiger partial charge in [0.2, 0.25) is 5.95 Å². The standard InChI is InChI=1S/C24H25FN6O2S/c25-15-4-3-5-16(14-15)26-21-20-19(8-13-34(20)33)27-22(29-21)31-11-9-24(10-12-31)17-6-1-2-7-18(17)28-23(32)30-24/h1-7,14,23,28,30,32H,8-13H2,(H,26,27,29). The molecule has 10 heteroatoms. The van der Waals surface area contributed by atoms with Gasteiger partial charge < -0.3 is 20.6 Å². The number of halogens is 1. The lowest BCUT2D eigenvalue weighted by molar-refractivity contribution is 0.0894. The molecule has 0 bridgehead atoms. The number of fused-ring (bicyclic) bond motifs is 3. The molecule has 8 nitrogen and oxygen atoms in total. The highest BCUT2D eigenvalue weighted by Gasteiger charge is 2.42. The van der Waals surface area contributed by atoms with Gasteiger partial charge in [0.1, 0.15) is 10.7 Å². The van der Waals surface area contributed by atoms with E-state index in [1.807, 2.05) is 18.2 Å². The van der Waals surface area contributed by atoms with E-state index < -0.39 is 17.2 Å². The molecule has 0 radical (unpaired) electrons. The summed E-state index contributed by atoms with van der Waals surface area (Å²) >= 11 is 0. The summed E-state index contributed by atoms with van der Waals surface area (Å²) in [4.78, 5) is 12.2. The van der Waals surface area contributed by atoms with Crippen molar-refractivity contribution in [3.05, 3.63) is 65.6 Å². The number of para-hydroxylation sites is 1. The molecule has 4 N–H and O–H groups in total. The SMILES string of the molecule is O=S1CCc2nc(N3CCC4(CC3)NC(O)Nc3ccccc34)nc(Nc3cccc(F)c3)c21. The largest absolute Gasteiger partial charge is 0.361 e. The van der Waals surface area contributed by atoms with Gasteiger partial charge in [-0.05, 0) is 42.7 Å². The molecular formula is C24H25FN6O2S. The molecule has 1 saturated heterocycles. The van der Waals surface area contributed by atoms with Crippen molar-refractivity contribution in [3.8, 4) is 0 Å². The zero-order chi connectivity index (χ0) is 23.3. The first-order chi connectivity index (χ1) is 16.5. The first-order valence-corrected chi connectivity index (χ1v) is 12.7. The number of aromatic nitrogens is 2. The van der Waals surface area contributed by atoms with Crippen molar-refractivity contribution in [3.63, 3.8) is 0 Å². The molecule has 2 atom stereocenters. The second kappa shape index (κ2) is 8.30. The van der Waals surface area contributed by atoms with Gasteiger partial charge in [0, 0.05) is 36.6 Å². The van der Waals surface area contributed by atoms with Gasteiger partial charge in [0.15, 0.2) is 12.2 Å². The van der Waals surface area contributed by atoms with E-state index in [4.69, 9.17) is 9.97 Å². The minimum Gasteiger partial charge on any atom is -0.361 e. The summed E-state index contributed by atoms with van der Waals surface area (Å²) in [6.45, 7) is 1.38. The van der Waals surface area contributed by atoms with E-state index in [1.54, 1.807) is 12.1 Å². The second-order valence-corrected chi connectivity index (χ2v) is 10.4. The second-order valence-electron chi connectivity index (χ2n) is 8.89. The molecule has 1 fully saturated rings. The van der Waals surface area contributed by atoms with Crippen molar-refractivity contribution in [1.29, 1.82) is 0 Å². The van der Waals surface area contributed by atoms with Crippen LogP contribution in [0.15, 0.2) is 53.4 Å². The Morgan fingerprint density at radius 3 is 2.79 bits per heavy atom. The topological polar surface area (TPSA) is 102 Å². The van der Waals surface area contributed by atoms with Gasteiger partial charge in [-0.2, -0.15) is 4.98 Å². The van der Waals surface area contributed by atoms with Crippen LogP contribution < -0.4 is 20.9 Å². The van der Waals surface area contributed by atoms with E-state index in [0.29, 0.717) is 47.6 Å². The zero-order valence-corrected chi connectivity index (χ0v) is 19.2. The van der Waals surface area contributed by atoms with E-state index in [-0.39, 0.29) is 11.4 Å². The maximum absolute atomic E-state index is 13.7. The lowest BCUT2D eigenvalue weighted by atomic mass is 9.79. The quantitative estimate of drug-likeness (QED) is 0.454. The highest BCUT2D eigenvalue weighted by Crippen LogP contribution is 2.41. The van der Waals surface area contributed by atoms with E-state index >= 15 is 0 Å². The monoisotopic (exact) mass is 480 g/mol. The molecule has 3 aliphatic heterocycles. The molecule has 6 rings (SSSR count). The van der Waals surface area contributed by atoms with Gasteiger partial charge in [0.25, 0.3) is 0 Å². The van der Waals surface area contributed by atoms with Crippen LogP contribution >= 0.6 is 0 Å². The summed E-state index contributed by atoms with van der Waals surface area (Å²) in [6, 6.07) is 14.2. The van der Waals surface area contributed by atoms with E-state index in [2.05, 4.69) is 26.9 Å². The van der Waals surface area contributed by atoms with Crippen molar-refractivity contribution < 1.29 is 13.7 Å². The molecule has 1 spiro atoms. The Labute approximate surface area is 199 Å². The fraction of sp³-hybridized carbons (Fsp3) is 0.333. The molecule has 0 aliphatic carbocycles. The molecule has 2 aromatic carbocycles. The Morgan fingerprint density at radius 1 is 1.15 bits per heavy atom. The van der Waals surface area contributed by atoms with Crippen molar-refractivity contribution in [2.24, 2.45) is 0 Å². The van der Waals surface area contributed by atoms with Crippen LogP contribution in [0.25, 0.3) is 0 Å². The smallest absolute Gasteiger partial charge is 0.227 e. The lowest BCUT2D eigenvalue weighted by Gasteiger charge is -2.47. The minimum atomic E-state index is -1.18. The molecule has 1 aromatic heterocycles. The number of benzene rings is 2. The molecule has 2 unspecified atom stereocenters. The normalized spacial score (nSPS) is 22.7. The van der Waals surface area contributed by atoms with Gasteiger partial charge in [-0.25, -0.2) is 9.37 Å². The lowest BCUT2D eigenvalue weighted by Crippen LogP contribution is -2.59. The van der Waals surface area contributed by atoms with Crippen LogP contribution in [0, 0.1) is 5.82 Å². The Hall–Kier alpha value is -3.08. The Bertz CT molecular complexity index is 1280. The summed E-state index contributed by atoms with van der Waals surface area (Å²) in [5, 5.41) is 20.0. The first kappa shape index (κ1) is 21.5. The van der Waals surface area contributed by atoms with E-state index in [1.165, 1.54) is 12.1 Å². The van der Waals surface area contributed by atoms with Crippen molar-refractivity contribution in [2.75, 3.05) is 34.4 Å². The number of anilines is 4. The maximum atomic E-state index is 13.7. The highest BCUT2D eigenvalue weighted by molar-refractivity contribution is 7.85. The van der Waals surface area contributed by atoms with Crippen LogP contribution in [0.5, 0.6) is 0 Å². The van der Waals surface area contributed by atoms with Crippen molar-refractivity contribution in [1.82, 2.24) is 15.3 Å². The van der Waals surface area contributed by atoms with E-state index in [9.17, 15) is 13.7 Å². The summed E-state index contributed by atoms with van der Waals surface area (Å²) in [5.74, 6) is 1.21. The Kier molecular flexibility index (Phi) is 5.23. The van der Waals surface area contributed by atoms with Crippen LogP contribution in [0.1, 0.15) is 24.1 Å². The van der Waals surface area contributed by atoms with Crippen molar-refractivity contribution >= 4 is 33.9 Å². The van der Waals surface area contributed by atoms with Crippen LogP contribution in [-0.2, 0) is 22.8 Å². The fourth-order valence-corrected chi connectivity index (χ4v) is 6.47.